The average Bonchev–Trinajstić information content (AvgIpc) is 3.11. The molecule has 0 radical (unpaired) electrons. The lowest BCUT2D eigenvalue weighted by Crippen LogP contribution is -2.33. The topological polar surface area (TPSA) is 96.3 Å². The van der Waals surface area contributed by atoms with E-state index in [0.29, 0.717) is 34.3 Å². The lowest BCUT2D eigenvalue weighted by molar-refractivity contribution is 0.0940. The summed E-state index contributed by atoms with van der Waals surface area (Å²) in [6.45, 7) is 4.54. The Labute approximate surface area is 162 Å². The summed E-state index contributed by atoms with van der Waals surface area (Å²) >= 11 is 1.37. The fraction of sp³-hybridized carbons (Fsp3) is 0.316. The van der Waals surface area contributed by atoms with Gasteiger partial charge >= 0.3 is 0 Å². The molecule has 0 aliphatic rings. The number of thiazole rings is 1. The minimum atomic E-state index is -0.364. The van der Waals surface area contributed by atoms with Gasteiger partial charge in [-0.3, -0.25) is 10.2 Å². The Morgan fingerprint density at radius 1 is 1.41 bits per heavy atom. The number of hydrogen-bond acceptors (Lipinski definition) is 7. The second kappa shape index (κ2) is 10.2. The molecule has 142 valence electrons. The van der Waals surface area contributed by atoms with E-state index in [1.807, 2.05) is 12.3 Å². The van der Waals surface area contributed by atoms with Crippen LogP contribution in [0.5, 0.6) is 11.5 Å². The third-order valence-electron chi connectivity index (χ3n) is 3.55. The first-order valence-corrected chi connectivity index (χ1v) is 9.36. The Bertz CT molecular complexity index is 855. The number of unbranched alkanes of at least 4 members (excludes halogenated alkanes) is 1. The lowest BCUT2D eigenvalue weighted by atomic mass is 10.2. The highest BCUT2D eigenvalue weighted by molar-refractivity contribution is 7.10. The monoisotopic (exact) mass is 386 g/mol. The van der Waals surface area contributed by atoms with Gasteiger partial charge in [0, 0.05) is 22.8 Å². The van der Waals surface area contributed by atoms with Gasteiger partial charge in [-0.1, -0.05) is 13.3 Å². The molecule has 2 N–H and O–H groups in total. The summed E-state index contributed by atoms with van der Waals surface area (Å²) in [4.78, 5) is 16.5. The van der Waals surface area contributed by atoms with Gasteiger partial charge in [-0.05, 0) is 31.5 Å². The molecule has 7 nitrogen and oxygen atoms in total. The highest BCUT2D eigenvalue weighted by Gasteiger charge is 2.11. The fourth-order valence-corrected chi connectivity index (χ4v) is 2.88. The Hall–Kier alpha value is -3.05. The number of nitrogens with zero attached hydrogens (tertiary/aromatic N) is 2. The fourth-order valence-electron chi connectivity index (χ4n) is 2.12. The van der Waals surface area contributed by atoms with Crippen molar-refractivity contribution < 1.29 is 14.3 Å². The molecular formula is C19H22N4O3S. The number of allylic oxidation sites excluding steroid dienone is 1. The van der Waals surface area contributed by atoms with E-state index in [1.165, 1.54) is 24.6 Å². The molecular weight excluding hydrogens is 364 g/mol. The quantitative estimate of drug-likeness (QED) is 0.389. The summed E-state index contributed by atoms with van der Waals surface area (Å²) in [5.74, 6) is 0.726. The number of aryl methyl sites for hydroxylation is 1. The van der Waals surface area contributed by atoms with Crippen LogP contribution < -0.4 is 20.3 Å². The Morgan fingerprint density at radius 2 is 2.22 bits per heavy atom. The van der Waals surface area contributed by atoms with Gasteiger partial charge in [0.25, 0.3) is 5.91 Å². The van der Waals surface area contributed by atoms with Crippen molar-refractivity contribution in [2.75, 3.05) is 13.7 Å². The largest absolute Gasteiger partial charge is 0.493 e. The molecule has 2 rings (SSSR count). The van der Waals surface area contributed by atoms with Crippen LogP contribution in [0.2, 0.25) is 0 Å². The van der Waals surface area contributed by atoms with Crippen LogP contribution in [0.15, 0.2) is 29.8 Å². The SMILES string of the molecule is CCCCOc1ccc(C(=O)NN/C=C(\C#N)c2nc(C)cs2)cc1OC. The van der Waals surface area contributed by atoms with Gasteiger partial charge in [0.2, 0.25) is 0 Å². The molecule has 0 fully saturated rings. The predicted molar refractivity (Wildman–Crippen MR) is 104 cm³/mol. The minimum absolute atomic E-state index is 0.339. The number of benzene rings is 1. The van der Waals surface area contributed by atoms with Gasteiger partial charge in [-0.2, -0.15) is 5.26 Å². The number of rotatable bonds is 9. The molecule has 0 saturated heterocycles. The smallest absolute Gasteiger partial charge is 0.269 e. The maximum absolute atomic E-state index is 12.3. The summed E-state index contributed by atoms with van der Waals surface area (Å²) in [5.41, 5.74) is 6.76. The molecule has 0 bridgehead atoms. The second-order valence-electron chi connectivity index (χ2n) is 5.63. The van der Waals surface area contributed by atoms with Crippen molar-refractivity contribution in [3.8, 4) is 17.6 Å². The van der Waals surface area contributed by atoms with Crippen LogP contribution in [0.3, 0.4) is 0 Å². The molecule has 1 heterocycles. The summed E-state index contributed by atoms with van der Waals surface area (Å²) in [5, 5.41) is 11.7. The first-order chi connectivity index (χ1) is 13.1. The Balaban J connectivity index is 2.01. The standard InChI is InChI=1S/C19H22N4O3S/c1-4-5-8-26-16-7-6-14(9-17(16)25-3)18(24)23-21-11-15(10-20)19-22-13(2)12-27-19/h6-7,9,11-12,21H,4-5,8H2,1-3H3,(H,23,24)/b15-11+. The maximum Gasteiger partial charge on any atom is 0.269 e. The van der Waals surface area contributed by atoms with E-state index >= 15 is 0 Å². The molecule has 0 aliphatic heterocycles. The number of hydrogen-bond donors (Lipinski definition) is 2. The third kappa shape index (κ3) is 5.72. The number of nitrogens with one attached hydrogen (secondary N) is 2. The number of methoxy groups -OCH3 is 1. The molecule has 1 amide bonds. The zero-order valence-electron chi connectivity index (χ0n) is 15.5. The molecule has 0 saturated carbocycles. The van der Waals surface area contributed by atoms with Gasteiger partial charge < -0.3 is 14.9 Å². The van der Waals surface area contributed by atoms with E-state index in [2.05, 4.69) is 28.8 Å². The van der Waals surface area contributed by atoms with E-state index < -0.39 is 0 Å². The summed E-state index contributed by atoms with van der Waals surface area (Å²) in [6, 6.07) is 7.02. The average molecular weight is 386 g/mol. The van der Waals surface area contributed by atoms with E-state index in [1.54, 1.807) is 18.2 Å². The van der Waals surface area contributed by atoms with Crippen LogP contribution in [0, 0.1) is 18.3 Å². The molecule has 0 spiro atoms. The predicted octanol–water partition coefficient (Wildman–Crippen LogP) is 3.44. The van der Waals surface area contributed by atoms with Gasteiger partial charge in [0.15, 0.2) is 11.5 Å². The minimum Gasteiger partial charge on any atom is -0.493 e. The normalized spacial score (nSPS) is 10.8. The van der Waals surface area contributed by atoms with Gasteiger partial charge in [-0.15, -0.1) is 11.3 Å². The number of carbonyl (C=O) groups excluding carboxylic acids is 1. The number of ether oxygens (including phenoxy) is 2. The molecule has 0 aliphatic carbocycles. The van der Waals surface area contributed by atoms with Crippen LogP contribution in [-0.2, 0) is 0 Å². The number of hydrazine groups is 1. The maximum atomic E-state index is 12.3. The lowest BCUT2D eigenvalue weighted by Gasteiger charge is -2.12. The highest BCUT2D eigenvalue weighted by Crippen LogP contribution is 2.28. The second-order valence-corrected chi connectivity index (χ2v) is 6.49. The van der Waals surface area contributed by atoms with Crippen LogP contribution in [0.4, 0.5) is 0 Å². The van der Waals surface area contributed by atoms with Crippen LogP contribution in [0.25, 0.3) is 5.57 Å². The number of carbonyl (C=O) groups is 1. The van der Waals surface area contributed by atoms with E-state index in [0.717, 1.165) is 18.5 Å². The van der Waals surface area contributed by atoms with Crippen molar-refractivity contribution in [1.82, 2.24) is 15.8 Å². The van der Waals surface area contributed by atoms with Crippen LogP contribution in [0.1, 0.15) is 40.8 Å². The van der Waals surface area contributed by atoms with Gasteiger partial charge in [-0.25, -0.2) is 4.98 Å². The van der Waals surface area contributed by atoms with Gasteiger partial charge in [0.05, 0.1) is 13.7 Å². The molecule has 8 heteroatoms. The van der Waals surface area contributed by atoms with Crippen molar-refractivity contribution >= 4 is 22.8 Å². The Morgan fingerprint density at radius 3 is 2.85 bits per heavy atom. The molecule has 1 aromatic carbocycles. The van der Waals surface area contributed by atoms with E-state index in [9.17, 15) is 10.1 Å². The van der Waals surface area contributed by atoms with Crippen molar-refractivity contribution in [1.29, 1.82) is 5.26 Å². The molecule has 27 heavy (non-hydrogen) atoms. The highest BCUT2D eigenvalue weighted by atomic mass is 32.1. The zero-order valence-corrected chi connectivity index (χ0v) is 16.4. The number of nitriles is 1. The number of aromatic nitrogens is 1. The van der Waals surface area contributed by atoms with Crippen molar-refractivity contribution in [3.63, 3.8) is 0 Å². The zero-order chi connectivity index (χ0) is 19.6. The first kappa shape index (κ1) is 20.3. The number of amides is 1. The van der Waals surface area contributed by atoms with Crippen molar-refractivity contribution in [2.45, 2.75) is 26.7 Å². The van der Waals surface area contributed by atoms with Crippen LogP contribution in [-0.4, -0.2) is 24.6 Å². The third-order valence-corrected chi connectivity index (χ3v) is 4.55. The van der Waals surface area contributed by atoms with Gasteiger partial charge in [0.1, 0.15) is 16.6 Å². The van der Waals surface area contributed by atoms with Crippen molar-refractivity contribution in [2.24, 2.45) is 0 Å². The summed E-state index contributed by atoms with van der Waals surface area (Å²) in [6.07, 6.45) is 3.39. The van der Waals surface area contributed by atoms with Crippen molar-refractivity contribution in [3.05, 3.63) is 46.0 Å². The molecule has 0 atom stereocenters. The van der Waals surface area contributed by atoms with E-state index in [4.69, 9.17) is 9.47 Å². The summed E-state index contributed by atoms with van der Waals surface area (Å²) in [7, 11) is 1.53. The van der Waals surface area contributed by atoms with E-state index in [-0.39, 0.29) is 5.91 Å². The summed E-state index contributed by atoms with van der Waals surface area (Å²) < 4.78 is 11.0. The first-order valence-electron chi connectivity index (χ1n) is 8.48. The molecule has 2 aromatic rings. The van der Waals surface area contributed by atoms with Crippen LogP contribution >= 0.6 is 11.3 Å². The Kier molecular flexibility index (Phi) is 7.64. The molecule has 0 unspecified atom stereocenters. The molecule has 1 aromatic heterocycles.